The molecule has 0 amide bonds. The molecule has 8 heavy (non-hydrogen) atoms. The molecule has 1 aliphatic rings. The summed E-state index contributed by atoms with van der Waals surface area (Å²) in [6.45, 7) is 0. The van der Waals surface area contributed by atoms with Crippen LogP contribution >= 0.6 is 23.2 Å². The summed E-state index contributed by atoms with van der Waals surface area (Å²) in [4.78, 5) is 18.5. The van der Waals surface area contributed by atoms with Crippen LogP contribution in [-0.4, -0.2) is 16.9 Å². The van der Waals surface area contributed by atoms with E-state index < -0.39 is 11.0 Å². The minimum absolute atomic E-state index is 0.191. The number of hydrogen-bond acceptors (Lipinski definition) is 3. The van der Waals surface area contributed by atoms with E-state index in [9.17, 15) is 4.79 Å². The Labute approximate surface area is 55.4 Å². The van der Waals surface area contributed by atoms with Crippen molar-refractivity contribution in [3.63, 3.8) is 0 Å². The second kappa shape index (κ2) is 1.84. The molecule has 0 saturated carbocycles. The summed E-state index contributed by atoms with van der Waals surface area (Å²) in [5.74, 6) is -0.662. The molecule has 0 aromatic heterocycles. The van der Waals surface area contributed by atoms with E-state index in [2.05, 4.69) is 9.78 Å². The number of rotatable bonds is 2. The zero-order chi connectivity index (χ0) is 6.20. The molecule has 3 nitrogen and oxygen atoms in total. The lowest BCUT2D eigenvalue weighted by molar-refractivity contribution is -0.119. The highest BCUT2D eigenvalue weighted by atomic mass is 35.5. The van der Waals surface area contributed by atoms with Crippen LogP contribution < -0.4 is 0 Å². The van der Waals surface area contributed by atoms with Gasteiger partial charge < -0.3 is 0 Å². The Balaban J connectivity index is 2.46. The van der Waals surface area contributed by atoms with Crippen molar-refractivity contribution in [2.75, 3.05) is 5.88 Å². The molecule has 0 radical (unpaired) electrons. The Bertz CT molecular complexity index is 120. The summed E-state index contributed by atoms with van der Waals surface area (Å²) < 4.78 is 0. The number of carbonyl (C=O) groups excluding carboxylic acids is 1. The Morgan fingerprint density at radius 3 is 2.25 bits per heavy atom. The first-order valence-corrected chi connectivity index (χ1v) is 2.75. The average molecular weight is 157 g/mol. The van der Waals surface area contributed by atoms with Gasteiger partial charge in [-0.2, -0.15) is 9.78 Å². The maximum Gasteiger partial charge on any atom is 0.366 e. The molecule has 0 spiro atoms. The minimum Gasteiger partial charge on any atom is -0.291 e. The van der Waals surface area contributed by atoms with E-state index >= 15 is 0 Å². The van der Waals surface area contributed by atoms with Gasteiger partial charge in [-0.1, -0.05) is 0 Å². The lowest BCUT2D eigenvalue weighted by atomic mass is 10.4. The number of alkyl halides is 2. The van der Waals surface area contributed by atoms with E-state index in [-0.39, 0.29) is 5.88 Å². The van der Waals surface area contributed by atoms with Crippen LogP contribution in [-0.2, 0) is 14.6 Å². The molecule has 0 bridgehead atoms. The van der Waals surface area contributed by atoms with E-state index in [4.69, 9.17) is 23.2 Å². The van der Waals surface area contributed by atoms with Gasteiger partial charge in [0, 0.05) is 0 Å². The fraction of sp³-hybridized carbons (Fsp3) is 0.667. The molecule has 1 saturated heterocycles. The van der Waals surface area contributed by atoms with Crippen LogP contribution in [0.5, 0.6) is 0 Å². The number of carbonyl (C=O) groups is 1. The van der Waals surface area contributed by atoms with Crippen LogP contribution in [0.1, 0.15) is 0 Å². The normalized spacial score (nSPS) is 22.8. The molecular formula is C3H2Cl2O3. The highest BCUT2D eigenvalue weighted by Gasteiger charge is 2.54. The first-order valence-electron chi connectivity index (χ1n) is 1.84. The van der Waals surface area contributed by atoms with Crippen LogP contribution in [0, 0.1) is 0 Å². The molecule has 0 unspecified atom stereocenters. The summed E-state index contributed by atoms with van der Waals surface area (Å²) in [7, 11) is 0. The summed E-state index contributed by atoms with van der Waals surface area (Å²) >= 11 is 10.3. The zero-order valence-corrected chi connectivity index (χ0v) is 5.20. The largest absolute Gasteiger partial charge is 0.366 e. The molecule has 1 fully saturated rings. The Kier molecular flexibility index (Phi) is 1.45. The lowest BCUT2D eigenvalue weighted by Crippen LogP contribution is -2.17. The van der Waals surface area contributed by atoms with Gasteiger partial charge in [0.2, 0.25) is 5.78 Å². The molecule has 1 rings (SSSR count). The minimum atomic E-state index is -1.54. The predicted octanol–water partition coefficient (Wildman–Crippen LogP) is 0.649. The van der Waals surface area contributed by atoms with Crippen LogP contribution in [0.2, 0.25) is 0 Å². The van der Waals surface area contributed by atoms with Crippen molar-refractivity contribution >= 4 is 29.0 Å². The zero-order valence-electron chi connectivity index (χ0n) is 3.69. The molecule has 0 aromatic carbocycles. The van der Waals surface area contributed by atoms with Gasteiger partial charge in [-0.25, -0.2) is 0 Å². The van der Waals surface area contributed by atoms with E-state index in [1.54, 1.807) is 0 Å². The van der Waals surface area contributed by atoms with Crippen molar-refractivity contribution in [2.45, 2.75) is 5.25 Å². The fourth-order valence-corrected chi connectivity index (χ4v) is 0.552. The molecule has 0 aromatic rings. The van der Waals surface area contributed by atoms with Crippen molar-refractivity contribution in [3.05, 3.63) is 0 Å². The van der Waals surface area contributed by atoms with Crippen molar-refractivity contribution in [1.82, 2.24) is 0 Å². The van der Waals surface area contributed by atoms with Crippen molar-refractivity contribution in [3.8, 4) is 0 Å². The van der Waals surface area contributed by atoms with Crippen LogP contribution in [0.4, 0.5) is 0 Å². The molecule has 0 aliphatic carbocycles. The van der Waals surface area contributed by atoms with Crippen molar-refractivity contribution in [1.29, 1.82) is 0 Å². The molecule has 1 heterocycles. The fourth-order valence-electron chi connectivity index (χ4n) is 0.209. The topological polar surface area (TPSA) is 42.1 Å². The standard InChI is InChI=1S/C3H2Cl2O3/c4-1-2(6)3(5)7-8-3/h1H2. The molecule has 0 N–H and O–H groups in total. The summed E-state index contributed by atoms with van der Waals surface area (Å²) in [6.07, 6.45) is 0. The maximum atomic E-state index is 10.4. The number of ketones is 1. The summed E-state index contributed by atoms with van der Waals surface area (Å²) in [5, 5.41) is -1.54. The smallest absolute Gasteiger partial charge is 0.291 e. The van der Waals surface area contributed by atoms with Gasteiger partial charge in [0.05, 0.1) is 5.88 Å². The second-order valence-electron chi connectivity index (χ2n) is 1.26. The monoisotopic (exact) mass is 156 g/mol. The van der Waals surface area contributed by atoms with Crippen molar-refractivity contribution in [2.24, 2.45) is 0 Å². The van der Waals surface area contributed by atoms with Gasteiger partial charge in [-0.05, 0) is 11.6 Å². The first kappa shape index (κ1) is 6.29. The highest BCUT2D eigenvalue weighted by molar-refractivity contribution is 6.39. The van der Waals surface area contributed by atoms with Crippen LogP contribution in [0.3, 0.4) is 0 Å². The molecule has 0 atom stereocenters. The first-order chi connectivity index (χ1) is 3.69. The van der Waals surface area contributed by atoms with E-state index in [1.807, 2.05) is 0 Å². The highest BCUT2D eigenvalue weighted by Crippen LogP contribution is 2.35. The Morgan fingerprint density at radius 2 is 2.12 bits per heavy atom. The predicted molar refractivity (Wildman–Crippen MR) is 26.5 cm³/mol. The van der Waals surface area contributed by atoms with E-state index in [0.717, 1.165) is 0 Å². The second-order valence-corrected chi connectivity index (χ2v) is 2.02. The third kappa shape index (κ3) is 0.951. The van der Waals surface area contributed by atoms with Gasteiger partial charge in [0.1, 0.15) is 0 Å². The van der Waals surface area contributed by atoms with Gasteiger partial charge in [0.15, 0.2) is 0 Å². The molecule has 5 heteroatoms. The van der Waals surface area contributed by atoms with Crippen molar-refractivity contribution < 1.29 is 14.6 Å². The third-order valence-corrected chi connectivity index (χ3v) is 1.26. The molecule has 1 aliphatic heterocycles. The van der Waals surface area contributed by atoms with Gasteiger partial charge in [0.25, 0.3) is 0 Å². The van der Waals surface area contributed by atoms with Gasteiger partial charge in [-0.3, -0.25) is 4.79 Å². The number of hydrogen-bond donors (Lipinski definition) is 0. The van der Waals surface area contributed by atoms with Crippen LogP contribution in [0.25, 0.3) is 0 Å². The molecule has 46 valence electrons. The van der Waals surface area contributed by atoms with Gasteiger partial charge >= 0.3 is 5.25 Å². The van der Waals surface area contributed by atoms with E-state index in [1.165, 1.54) is 0 Å². The Morgan fingerprint density at radius 1 is 1.62 bits per heavy atom. The van der Waals surface area contributed by atoms with Crippen LogP contribution in [0.15, 0.2) is 0 Å². The number of halogens is 2. The van der Waals surface area contributed by atoms with Gasteiger partial charge in [-0.15, -0.1) is 11.6 Å². The third-order valence-electron chi connectivity index (χ3n) is 0.684. The maximum absolute atomic E-state index is 10.4. The summed E-state index contributed by atoms with van der Waals surface area (Å²) in [5.41, 5.74) is 0. The van der Waals surface area contributed by atoms with E-state index in [0.29, 0.717) is 0 Å². The SMILES string of the molecule is O=C(CCl)C1(Cl)OO1. The average Bonchev–Trinajstić information content (AvgIpc) is 2.47. The summed E-state index contributed by atoms with van der Waals surface area (Å²) in [6, 6.07) is 0. The quantitative estimate of drug-likeness (QED) is 0.335. The Hall–Kier alpha value is 0.170. The lowest BCUT2D eigenvalue weighted by Gasteiger charge is -1.87. The molecular weight excluding hydrogens is 155 g/mol. The number of Topliss-reactive ketones (excluding diaryl/α,β-unsaturated/α-hetero) is 1.